The summed E-state index contributed by atoms with van der Waals surface area (Å²) < 4.78 is 23.8. The highest BCUT2D eigenvalue weighted by Gasteiger charge is 2.58. The van der Waals surface area contributed by atoms with Crippen molar-refractivity contribution in [3.63, 3.8) is 0 Å². The number of azide groups is 1. The summed E-state index contributed by atoms with van der Waals surface area (Å²) in [7, 11) is -4.82. The van der Waals surface area contributed by atoms with Gasteiger partial charge in [-0.05, 0) is 38.8 Å². The van der Waals surface area contributed by atoms with Crippen molar-refractivity contribution in [1.82, 2.24) is 19.5 Å². The van der Waals surface area contributed by atoms with Gasteiger partial charge in [0.1, 0.15) is 24.1 Å². The molecular weight excluding hydrogens is 553 g/mol. The second kappa shape index (κ2) is 13.1. The molecule has 0 aliphatic carbocycles. The van der Waals surface area contributed by atoms with Crippen LogP contribution in [0.25, 0.3) is 21.6 Å². The van der Waals surface area contributed by atoms with Crippen LogP contribution in [0.5, 0.6) is 0 Å². The minimum atomic E-state index is -2.42. The number of aromatic nitrogens is 4. The van der Waals surface area contributed by atoms with E-state index in [2.05, 4.69) is 108 Å². The normalized spacial score (nSPS) is 22.3. The summed E-state index contributed by atoms with van der Waals surface area (Å²) in [5.74, 6) is 0.309. The Morgan fingerprint density at radius 1 is 0.854 bits per heavy atom. The number of hydrogen-bond donors (Lipinski definition) is 1. The van der Waals surface area contributed by atoms with Crippen molar-refractivity contribution >= 4 is 33.6 Å². The predicted molar refractivity (Wildman–Crippen MR) is 170 cm³/mol. The first-order chi connectivity index (χ1) is 19.2. The molecule has 1 saturated heterocycles. The monoisotopic (exact) mass is 604 g/mol. The summed E-state index contributed by atoms with van der Waals surface area (Å²) in [5, 5.41) is 3.97. The zero-order valence-electron chi connectivity index (χ0n) is 27.1. The van der Waals surface area contributed by atoms with E-state index < -0.39 is 41.2 Å². The molecule has 2 aromatic rings. The second-order valence-corrected chi connectivity index (χ2v) is 24.2. The smallest absolute Gasteiger partial charge is 0.201 e. The van der Waals surface area contributed by atoms with E-state index in [0.29, 0.717) is 50.2 Å². The number of imidazole rings is 1. The minimum absolute atomic E-state index is 0.139. The van der Waals surface area contributed by atoms with E-state index >= 15 is 0 Å². The average Bonchev–Trinajstić information content (AvgIpc) is 3.44. The molecule has 0 amide bonds. The van der Waals surface area contributed by atoms with Gasteiger partial charge in [0.25, 0.3) is 0 Å². The summed E-state index contributed by atoms with van der Waals surface area (Å²) in [5.41, 5.74) is 18.7. The second-order valence-electron chi connectivity index (χ2n) is 13.4. The molecule has 13 heteroatoms. The van der Waals surface area contributed by atoms with Crippen LogP contribution < -0.4 is 5.73 Å². The van der Waals surface area contributed by atoms with Crippen LogP contribution in [0.1, 0.15) is 89.3 Å². The van der Waals surface area contributed by atoms with E-state index in [9.17, 15) is 5.53 Å². The van der Waals surface area contributed by atoms with Crippen LogP contribution in [0.15, 0.2) is 17.8 Å². The van der Waals surface area contributed by atoms with E-state index in [1.165, 1.54) is 6.33 Å². The molecule has 0 saturated carbocycles. The van der Waals surface area contributed by atoms with Crippen molar-refractivity contribution in [2.45, 2.75) is 141 Å². The van der Waals surface area contributed by atoms with Gasteiger partial charge in [0.15, 0.2) is 17.7 Å². The molecule has 1 aliphatic rings. The molecule has 0 aromatic carbocycles. The maximum Gasteiger partial charge on any atom is 0.201 e. The van der Waals surface area contributed by atoms with Crippen LogP contribution in [0.4, 0.5) is 5.82 Å². The molecule has 3 rings (SSSR count). The van der Waals surface area contributed by atoms with Gasteiger partial charge in [-0.3, -0.25) is 4.57 Å². The van der Waals surface area contributed by atoms with E-state index in [-0.39, 0.29) is 6.54 Å². The van der Waals surface area contributed by atoms with Crippen molar-refractivity contribution in [2.75, 3.05) is 12.3 Å². The number of fused-ring (bicyclic) bond motifs is 1. The van der Waals surface area contributed by atoms with Gasteiger partial charge in [0.05, 0.1) is 19.0 Å². The zero-order valence-corrected chi connectivity index (χ0v) is 29.1. The van der Waals surface area contributed by atoms with E-state index in [4.69, 9.17) is 19.3 Å². The van der Waals surface area contributed by atoms with Crippen LogP contribution in [-0.4, -0.2) is 61.0 Å². The third kappa shape index (κ3) is 5.94. The fourth-order valence-corrected chi connectivity index (χ4v) is 18.9. The number of nitrogen functional groups attached to an aromatic ring is 1. The van der Waals surface area contributed by atoms with Gasteiger partial charge < -0.3 is 19.3 Å². The van der Waals surface area contributed by atoms with Crippen molar-refractivity contribution in [3.05, 3.63) is 23.1 Å². The molecule has 11 nitrogen and oxygen atoms in total. The third-order valence-corrected chi connectivity index (χ3v) is 21.6. The Labute approximate surface area is 247 Å². The molecule has 0 radical (unpaired) electrons. The molecule has 1 aliphatic heterocycles. The number of nitrogens with two attached hydrogens (primary N) is 1. The van der Waals surface area contributed by atoms with Gasteiger partial charge in [-0.2, -0.15) is 0 Å². The molecule has 0 spiro atoms. The van der Waals surface area contributed by atoms with E-state index in [0.717, 1.165) is 0 Å². The summed E-state index contributed by atoms with van der Waals surface area (Å²) >= 11 is 0. The van der Waals surface area contributed by atoms with Crippen LogP contribution in [-0.2, 0) is 13.6 Å². The van der Waals surface area contributed by atoms with Crippen LogP contribution in [0.2, 0.25) is 33.2 Å². The van der Waals surface area contributed by atoms with Gasteiger partial charge in [0, 0.05) is 4.91 Å². The van der Waals surface area contributed by atoms with Crippen LogP contribution >= 0.6 is 0 Å². The lowest BCUT2D eigenvalue weighted by atomic mass is 10.1. The van der Waals surface area contributed by atoms with Gasteiger partial charge in [0.2, 0.25) is 16.6 Å². The molecule has 0 unspecified atom stereocenters. The highest BCUT2D eigenvalue weighted by atomic mass is 28.4. The molecule has 230 valence electrons. The van der Waals surface area contributed by atoms with Gasteiger partial charge in [-0.15, -0.1) is 0 Å². The number of nitrogens with zero attached hydrogens (tertiary/aromatic N) is 7. The highest BCUT2D eigenvalue weighted by Crippen LogP contribution is 2.50. The number of ether oxygens (including phenoxy) is 1. The molecule has 3 heterocycles. The molecule has 2 N–H and O–H groups in total. The molecular formula is C28H52N8O3Si2. The van der Waals surface area contributed by atoms with Gasteiger partial charge in [-0.1, -0.05) is 88.2 Å². The fraction of sp³-hybridized carbons (Fsp3) is 0.821. The largest absolute Gasteiger partial charge is 0.408 e. The Balaban J connectivity index is 2.30. The van der Waals surface area contributed by atoms with Gasteiger partial charge >= 0.3 is 0 Å². The van der Waals surface area contributed by atoms with Crippen molar-refractivity contribution in [3.8, 4) is 0 Å². The minimum Gasteiger partial charge on any atom is -0.408 e. The summed E-state index contributed by atoms with van der Waals surface area (Å²) in [6, 6.07) is 0. The van der Waals surface area contributed by atoms with Crippen molar-refractivity contribution < 1.29 is 13.6 Å². The Bertz CT molecular complexity index is 1170. The Morgan fingerprint density at radius 2 is 1.34 bits per heavy atom. The Hall–Kier alpha value is -2.03. The fourth-order valence-electron chi connectivity index (χ4n) is 7.81. The highest BCUT2D eigenvalue weighted by molar-refractivity contribution is 6.78. The SMILES string of the molecule is CC(C)[Si](O[C@@H]1[C@H](O[Si](C(C)C)(C(C)C)C(C)C)[C@@H](CN=[N+]=[N-])O[C@H]1n1cnc2c(N)ncnc21)(C(C)C)C(C)C. The standard InChI is InChI=1S/C28H52N8O3Si2/c1-16(2)40(17(3)4,18(5)6)38-24-22(13-34-35-30)37-28(36-15-33-23-26(29)31-14-32-27(23)36)25(24)39-41(19(7)8,20(9)10)21(11)12/h14-22,24-25,28H,13H2,1-12H3,(H2,29,31,32)/t22-,24-,25-,28-/m1/s1. The van der Waals surface area contributed by atoms with Crippen molar-refractivity contribution in [2.24, 2.45) is 5.11 Å². The molecule has 0 bridgehead atoms. The summed E-state index contributed by atoms with van der Waals surface area (Å²) in [6.45, 7) is 27.5. The Morgan fingerprint density at radius 3 is 1.80 bits per heavy atom. The molecule has 1 fully saturated rings. The van der Waals surface area contributed by atoms with E-state index in [1.54, 1.807) is 6.33 Å². The summed E-state index contributed by atoms with van der Waals surface area (Å²) in [6.07, 6.45) is 1.13. The first kappa shape index (κ1) is 33.5. The zero-order chi connectivity index (χ0) is 30.9. The number of hydrogen-bond acceptors (Lipinski definition) is 8. The lowest BCUT2D eigenvalue weighted by Gasteiger charge is -2.48. The van der Waals surface area contributed by atoms with Crippen LogP contribution in [0.3, 0.4) is 0 Å². The quantitative estimate of drug-likeness (QED) is 0.106. The molecule has 4 atom stereocenters. The lowest BCUT2D eigenvalue weighted by Crippen LogP contribution is -2.58. The van der Waals surface area contributed by atoms with Crippen molar-refractivity contribution in [1.29, 1.82) is 0 Å². The van der Waals surface area contributed by atoms with E-state index in [1.807, 2.05) is 4.57 Å². The Kier molecular flexibility index (Phi) is 10.7. The van der Waals surface area contributed by atoms with Gasteiger partial charge in [-0.25, -0.2) is 15.0 Å². The maximum atomic E-state index is 9.30. The predicted octanol–water partition coefficient (Wildman–Crippen LogP) is 7.74. The summed E-state index contributed by atoms with van der Waals surface area (Å²) in [4.78, 5) is 16.3. The lowest BCUT2D eigenvalue weighted by molar-refractivity contribution is -0.0294. The first-order valence-corrected chi connectivity index (χ1v) is 19.4. The molecule has 41 heavy (non-hydrogen) atoms. The third-order valence-electron chi connectivity index (χ3n) is 9.37. The maximum absolute atomic E-state index is 9.30. The number of rotatable bonds is 13. The molecule has 2 aromatic heterocycles. The average molecular weight is 605 g/mol. The van der Waals surface area contributed by atoms with Crippen LogP contribution in [0, 0.1) is 0 Å². The topological polar surface area (TPSA) is 146 Å². The number of anilines is 1. The first-order valence-electron chi connectivity index (χ1n) is 15.1.